The molecule has 0 bridgehead atoms. The maximum Gasteiger partial charge on any atom is 0.159 e. The number of thiophene rings is 1. The molecule has 4 nitrogen and oxygen atoms in total. The SMILES string of the molecule is COc1ccc(-c2ccc(CN3CCc4nc(-c5ccccc5)ncc4C3)s2)cc1. The van der Waals surface area contributed by atoms with Gasteiger partial charge in [0.15, 0.2) is 5.82 Å². The predicted octanol–water partition coefficient (Wildman–Crippen LogP) is 5.44. The van der Waals surface area contributed by atoms with Gasteiger partial charge in [0, 0.05) is 53.1 Å². The monoisotopic (exact) mass is 413 g/mol. The molecule has 2 aromatic carbocycles. The molecule has 0 unspecified atom stereocenters. The van der Waals surface area contributed by atoms with E-state index in [1.54, 1.807) is 7.11 Å². The summed E-state index contributed by atoms with van der Waals surface area (Å²) in [7, 11) is 1.70. The number of rotatable bonds is 5. The Hall–Kier alpha value is -3.02. The van der Waals surface area contributed by atoms with Crippen molar-refractivity contribution in [3.05, 3.63) is 89.1 Å². The average Bonchev–Trinajstić information content (AvgIpc) is 3.28. The Morgan fingerprint density at radius 3 is 2.60 bits per heavy atom. The Bertz CT molecular complexity index is 1140. The van der Waals surface area contributed by atoms with Crippen molar-refractivity contribution in [1.82, 2.24) is 14.9 Å². The van der Waals surface area contributed by atoms with E-state index in [2.05, 4.69) is 46.3 Å². The second-order valence-electron chi connectivity index (χ2n) is 7.49. The Morgan fingerprint density at radius 2 is 1.80 bits per heavy atom. The highest BCUT2D eigenvalue weighted by molar-refractivity contribution is 7.15. The van der Waals surface area contributed by atoms with Crippen LogP contribution >= 0.6 is 11.3 Å². The second kappa shape index (κ2) is 8.38. The largest absolute Gasteiger partial charge is 0.497 e. The van der Waals surface area contributed by atoms with Crippen molar-refractivity contribution in [2.75, 3.05) is 13.7 Å². The van der Waals surface area contributed by atoms with Crippen LogP contribution in [0.2, 0.25) is 0 Å². The number of methoxy groups -OCH3 is 1. The van der Waals surface area contributed by atoms with Gasteiger partial charge in [0.05, 0.1) is 12.8 Å². The van der Waals surface area contributed by atoms with E-state index < -0.39 is 0 Å². The van der Waals surface area contributed by atoms with E-state index in [1.807, 2.05) is 47.9 Å². The summed E-state index contributed by atoms with van der Waals surface area (Å²) in [6.45, 7) is 2.88. The first-order valence-electron chi connectivity index (χ1n) is 10.1. The standard InChI is InChI=1S/C25H23N3OS/c1-29-21-9-7-18(8-10-21)24-12-11-22(30-24)17-28-14-13-23-20(16-28)15-26-25(27-23)19-5-3-2-4-6-19/h2-12,15H,13-14,16-17H2,1H3. The second-order valence-corrected chi connectivity index (χ2v) is 8.66. The zero-order chi connectivity index (χ0) is 20.3. The van der Waals surface area contributed by atoms with Gasteiger partial charge in [-0.15, -0.1) is 11.3 Å². The molecule has 0 aliphatic carbocycles. The van der Waals surface area contributed by atoms with Crippen molar-refractivity contribution in [1.29, 1.82) is 0 Å². The third-order valence-electron chi connectivity index (χ3n) is 5.46. The van der Waals surface area contributed by atoms with E-state index in [1.165, 1.54) is 26.6 Å². The normalized spacial score (nSPS) is 13.8. The van der Waals surface area contributed by atoms with Crippen LogP contribution in [0.4, 0.5) is 0 Å². The maximum atomic E-state index is 5.26. The molecule has 0 amide bonds. The maximum absolute atomic E-state index is 5.26. The van der Waals surface area contributed by atoms with Gasteiger partial charge in [-0.05, 0) is 42.0 Å². The lowest BCUT2D eigenvalue weighted by molar-refractivity contribution is 0.245. The van der Waals surface area contributed by atoms with E-state index >= 15 is 0 Å². The van der Waals surface area contributed by atoms with E-state index in [0.717, 1.165) is 43.2 Å². The summed E-state index contributed by atoms with van der Waals surface area (Å²) < 4.78 is 5.26. The molecule has 0 fully saturated rings. The summed E-state index contributed by atoms with van der Waals surface area (Å²) in [4.78, 5) is 14.6. The Balaban J connectivity index is 1.27. The van der Waals surface area contributed by atoms with Gasteiger partial charge in [0.2, 0.25) is 0 Å². The minimum atomic E-state index is 0.824. The molecule has 30 heavy (non-hydrogen) atoms. The molecule has 0 spiro atoms. The fraction of sp³-hybridized carbons (Fsp3) is 0.200. The Kier molecular flexibility index (Phi) is 5.30. The van der Waals surface area contributed by atoms with Crippen molar-refractivity contribution in [2.45, 2.75) is 19.5 Å². The molecule has 2 aromatic heterocycles. The predicted molar refractivity (Wildman–Crippen MR) is 122 cm³/mol. The van der Waals surface area contributed by atoms with Gasteiger partial charge in [-0.25, -0.2) is 9.97 Å². The van der Waals surface area contributed by atoms with Crippen LogP contribution in [0.15, 0.2) is 72.9 Å². The smallest absolute Gasteiger partial charge is 0.159 e. The zero-order valence-electron chi connectivity index (χ0n) is 16.9. The molecule has 5 rings (SSSR count). The van der Waals surface area contributed by atoms with Gasteiger partial charge in [-0.1, -0.05) is 30.3 Å². The number of nitrogens with zero attached hydrogens (tertiary/aromatic N) is 3. The lowest BCUT2D eigenvalue weighted by Crippen LogP contribution is -2.30. The minimum absolute atomic E-state index is 0.824. The average molecular weight is 414 g/mol. The van der Waals surface area contributed by atoms with Crippen LogP contribution in [-0.4, -0.2) is 28.5 Å². The fourth-order valence-corrected chi connectivity index (χ4v) is 4.89. The third-order valence-corrected chi connectivity index (χ3v) is 6.58. The highest BCUT2D eigenvalue weighted by Gasteiger charge is 2.19. The fourth-order valence-electron chi connectivity index (χ4n) is 3.83. The van der Waals surface area contributed by atoms with Gasteiger partial charge in [-0.3, -0.25) is 4.90 Å². The number of fused-ring (bicyclic) bond motifs is 1. The first kappa shape index (κ1) is 19.0. The number of aromatic nitrogens is 2. The van der Waals surface area contributed by atoms with Crippen LogP contribution in [0.3, 0.4) is 0 Å². The van der Waals surface area contributed by atoms with Gasteiger partial charge in [0.1, 0.15) is 5.75 Å². The molecule has 0 saturated carbocycles. The molecule has 0 radical (unpaired) electrons. The van der Waals surface area contributed by atoms with Crippen LogP contribution < -0.4 is 4.74 Å². The highest BCUT2D eigenvalue weighted by atomic mass is 32.1. The molecule has 4 aromatic rings. The molecule has 0 saturated heterocycles. The molecule has 150 valence electrons. The molecule has 0 N–H and O–H groups in total. The van der Waals surface area contributed by atoms with Crippen LogP contribution in [0.25, 0.3) is 21.8 Å². The van der Waals surface area contributed by atoms with Crippen LogP contribution in [-0.2, 0) is 19.5 Å². The number of ether oxygens (including phenoxy) is 1. The Morgan fingerprint density at radius 1 is 0.967 bits per heavy atom. The van der Waals surface area contributed by atoms with E-state index in [0.29, 0.717) is 0 Å². The molecule has 3 heterocycles. The van der Waals surface area contributed by atoms with Crippen molar-refractivity contribution >= 4 is 11.3 Å². The molecule has 0 atom stereocenters. The van der Waals surface area contributed by atoms with Crippen LogP contribution in [0, 0.1) is 0 Å². The van der Waals surface area contributed by atoms with Gasteiger partial charge < -0.3 is 4.74 Å². The Labute approximate surface area is 180 Å². The lowest BCUT2D eigenvalue weighted by Gasteiger charge is -2.27. The summed E-state index contributed by atoms with van der Waals surface area (Å²) >= 11 is 1.86. The first-order valence-corrected chi connectivity index (χ1v) is 11.0. The summed E-state index contributed by atoms with van der Waals surface area (Å²) in [5.41, 5.74) is 4.74. The van der Waals surface area contributed by atoms with Gasteiger partial charge in [-0.2, -0.15) is 0 Å². The van der Waals surface area contributed by atoms with Gasteiger partial charge in [0.25, 0.3) is 0 Å². The topological polar surface area (TPSA) is 38.2 Å². The molecule has 1 aliphatic heterocycles. The minimum Gasteiger partial charge on any atom is -0.497 e. The molecular formula is C25H23N3OS. The summed E-state index contributed by atoms with van der Waals surface area (Å²) in [5.74, 6) is 1.71. The summed E-state index contributed by atoms with van der Waals surface area (Å²) in [5, 5.41) is 0. The molecular weight excluding hydrogens is 390 g/mol. The summed E-state index contributed by atoms with van der Waals surface area (Å²) in [6, 6.07) is 22.9. The van der Waals surface area contributed by atoms with Crippen molar-refractivity contribution < 1.29 is 4.74 Å². The zero-order valence-corrected chi connectivity index (χ0v) is 17.7. The quantitative estimate of drug-likeness (QED) is 0.437. The van der Waals surface area contributed by atoms with E-state index in [9.17, 15) is 0 Å². The highest BCUT2D eigenvalue weighted by Crippen LogP contribution is 2.31. The van der Waals surface area contributed by atoms with Crippen LogP contribution in [0.1, 0.15) is 16.1 Å². The summed E-state index contributed by atoms with van der Waals surface area (Å²) in [6.07, 6.45) is 2.97. The van der Waals surface area contributed by atoms with E-state index in [4.69, 9.17) is 9.72 Å². The van der Waals surface area contributed by atoms with Crippen LogP contribution in [0.5, 0.6) is 5.75 Å². The van der Waals surface area contributed by atoms with Crippen molar-refractivity contribution in [2.24, 2.45) is 0 Å². The first-order chi connectivity index (χ1) is 14.8. The van der Waals surface area contributed by atoms with E-state index in [-0.39, 0.29) is 0 Å². The lowest BCUT2D eigenvalue weighted by atomic mass is 10.1. The molecule has 5 heteroatoms. The van der Waals surface area contributed by atoms with Crippen molar-refractivity contribution in [3.63, 3.8) is 0 Å². The van der Waals surface area contributed by atoms with Crippen molar-refractivity contribution in [3.8, 4) is 27.6 Å². The third kappa shape index (κ3) is 3.99. The number of hydrogen-bond donors (Lipinski definition) is 0. The number of hydrogen-bond acceptors (Lipinski definition) is 5. The van der Waals surface area contributed by atoms with Gasteiger partial charge >= 0.3 is 0 Å². The number of benzene rings is 2. The molecule has 1 aliphatic rings.